The van der Waals surface area contributed by atoms with Gasteiger partial charge in [-0.1, -0.05) is 13.8 Å². The van der Waals surface area contributed by atoms with Gasteiger partial charge in [-0.15, -0.1) is 0 Å². The molecular weight excluding hydrogens is 254 g/mol. The van der Waals surface area contributed by atoms with Crippen LogP contribution in [0.5, 0.6) is 5.88 Å². The number of imidazole rings is 1. The van der Waals surface area contributed by atoms with Crippen molar-refractivity contribution in [3.8, 4) is 5.88 Å². The molecule has 2 heterocycles. The van der Waals surface area contributed by atoms with E-state index in [4.69, 9.17) is 16.3 Å². The van der Waals surface area contributed by atoms with Gasteiger partial charge in [-0.25, -0.2) is 4.98 Å². The Kier molecular flexibility index (Phi) is 4.33. The van der Waals surface area contributed by atoms with Gasteiger partial charge in [0.2, 0.25) is 11.2 Å². The van der Waals surface area contributed by atoms with E-state index < -0.39 is 0 Å². The lowest BCUT2D eigenvalue weighted by Gasteiger charge is -2.17. The van der Waals surface area contributed by atoms with E-state index in [0.29, 0.717) is 23.7 Å². The Morgan fingerprint density at radius 2 is 2.11 bits per heavy atom. The van der Waals surface area contributed by atoms with E-state index in [2.05, 4.69) is 38.7 Å². The van der Waals surface area contributed by atoms with Crippen LogP contribution in [0.15, 0.2) is 6.33 Å². The molecule has 0 fully saturated rings. The van der Waals surface area contributed by atoms with Gasteiger partial charge in [0.1, 0.15) is 12.1 Å². The fraction of sp³-hybridized carbons (Fsp3) is 0.545. The second kappa shape index (κ2) is 5.97. The van der Waals surface area contributed by atoms with Gasteiger partial charge >= 0.3 is 0 Å². The SMILES string of the molecule is CCN(CC)CCOc1nc(Cl)nc2nc[nH]c12. The van der Waals surface area contributed by atoms with Crippen molar-refractivity contribution in [2.24, 2.45) is 0 Å². The zero-order valence-corrected chi connectivity index (χ0v) is 11.2. The Balaban J connectivity index is 2.05. The number of halogens is 1. The van der Waals surface area contributed by atoms with Crippen LogP contribution in [0.3, 0.4) is 0 Å². The van der Waals surface area contributed by atoms with Crippen LogP contribution in [0.25, 0.3) is 11.2 Å². The summed E-state index contributed by atoms with van der Waals surface area (Å²) in [7, 11) is 0. The lowest BCUT2D eigenvalue weighted by molar-refractivity contribution is 0.219. The second-order valence-electron chi connectivity index (χ2n) is 3.77. The first-order chi connectivity index (χ1) is 8.74. The number of H-pyrrole nitrogens is 1. The Hall–Kier alpha value is -1.40. The smallest absolute Gasteiger partial charge is 0.244 e. The average molecular weight is 270 g/mol. The van der Waals surface area contributed by atoms with Crippen molar-refractivity contribution in [2.75, 3.05) is 26.2 Å². The fourth-order valence-electron chi connectivity index (χ4n) is 1.70. The number of aromatic nitrogens is 4. The van der Waals surface area contributed by atoms with Gasteiger partial charge in [-0.2, -0.15) is 9.97 Å². The summed E-state index contributed by atoms with van der Waals surface area (Å²) in [6.07, 6.45) is 1.55. The lowest BCUT2D eigenvalue weighted by Crippen LogP contribution is -2.28. The van der Waals surface area contributed by atoms with Gasteiger partial charge in [0.05, 0.1) is 6.33 Å². The molecule has 0 radical (unpaired) electrons. The number of aromatic amines is 1. The summed E-state index contributed by atoms with van der Waals surface area (Å²) in [4.78, 5) is 17.3. The van der Waals surface area contributed by atoms with Crippen LogP contribution in [0, 0.1) is 0 Å². The monoisotopic (exact) mass is 269 g/mol. The molecule has 2 rings (SSSR count). The quantitative estimate of drug-likeness (QED) is 0.809. The summed E-state index contributed by atoms with van der Waals surface area (Å²) in [6, 6.07) is 0. The summed E-state index contributed by atoms with van der Waals surface area (Å²) in [5, 5.41) is 0.146. The highest BCUT2D eigenvalue weighted by atomic mass is 35.5. The first-order valence-electron chi connectivity index (χ1n) is 5.96. The standard InChI is InChI=1S/C11H16ClN5O/c1-3-17(4-2)5-6-18-10-8-9(14-7-13-8)15-11(12)16-10/h7H,3-6H2,1-2H3,(H,13,14,15,16). The van der Waals surface area contributed by atoms with Crippen molar-refractivity contribution in [3.63, 3.8) is 0 Å². The number of ether oxygens (including phenoxy) is 1. The second-order valence-corrected chi connectivity index (χ2v) is 4.11. The number of fused-ring (bicyclic) bond motifs is 1. The number of nitrogens with zero attached hydrogens (tertiary/aromatic N) is 4. The molecule has 2 aromatic heterocycles. The summed E-state index contributed by atoms with van der Waals surface area (Å²) in [5.74, 6) is 0.453. The summed E-state index contributed by atoms with van der Waals surface area (Å²) in [5.41, 5.74) is 1.20. The normalized spacial score (nSPS) is 11.3. The minimum Gasteiger partial charge on any atom is -0.475 e. The van der Waals surface area contributed by atoms with Gasteiger partial charge in [-0.05, 0) is 24.7 Å². The van der Waals surface area contributed by atoms with E-state index in [1.54, 1.807) is 6.33 Å². The molecule has 18 heavy (non-hydrogen) atoms. The Bertz CT molecular complexity index is 511. The maximum atomic E-state index is 5.81. The molecule has 0 unspecified atom stereocenters. The lowest BCUT2D eigenvalue weighted by atomic mass is 10.5. The van der Waals surface area contributed by atoms with Crippen LogP contribution in [0.2, 0.25) is 5.28 Å². The van der Waals surface area contributed by atoms with Crippen molar-refractivity contribution < 1.29 is 4.74 Å². The highest BCUT2D eigenvalue weighted by Crippen LogP contribution is 2.20. The Labute approximate surface area is 110 Å². The van der Waals surface area contributed by atoms with E-state index in [1.165, 1.54) is 0 Å². The van der Waals surface area contributed by atoms with Crippen LogP contribution in [0.1, 0.15) is 13.8 Å². The van der Waals surface area contributed by atoms with Crippen molar-refractivity contribution in [3.05, 3.63) is 11.6 Å². The molecule has 98 valence electrons. The number of hydrogen-bond acceptors (Lipinski definition) is 5. The summed E-state index contributed by atoms with van der Waals surface area (Å²) in [6.45, 7) is 7.66. The molecular formula is C11H16ClN5O. The minimum atomic E-state index is 0.146. The van der Waals surface area contributed by atoms with Crippen LogP contribution in [0.4, 0.5) is 0 Å². The molecule has 0 atom stereocenters. The van der Waals surface area contributed by atoms with Gasteiger partial charge in [0, 0.05) is 6.54 Å². The minimum absolute atomic E-state index is 0.146. The molecule has 0 aromatic carbocycles. The van der Waals surface area contributed by atoms with E-state index in [9.17, 15) is 0 Å². The third-order valence-electron chi connectivity index (χ3n) is 2.77. The van der Waals surface area contributed by atoms with Crippen LogP contribution in [-0.4, -0.2) is 51.1 Å². The molecule has 1 N–H and O–H groups in total. The zero-order chi connectivity index (χ0) is 13.0. The average Bonchev–Trinajstić information content (AvgIpc) is 2.82. The van der Waals surface area contributed by atoms with Crippen molar-refractivity contribution >= 4 is 22.8 Å². The molecule has 0 spiro atoms. The van der Waals surface area contributed by atoms with Crippen LogP contribution >= 0.6 is 11.6 Å². The highest BCUT2D eigenvalue weighted by molar-refractivity contribution is 6.28. The van der Waals surface area contributed by atoms with Crippen LogP contribution < -0.4 is 4.74 Å². The molecule has 0 saturated carbocycles. The molecule has 0 aliphatic heterocycles. The predicted molar refractivity (Wildman–Crippen MR) is 70.0 cm³/mol. The third kappa shape index (κ3) is 2.88. The van der Waals surface area contributed by atoms with E-state index in [1.807, 2.05) is 0 Å². The molecule has 0 amide bonds. The largest absolute Gasteiger partial charge is 0.475 e. The number of likely N-dealkylation sites (N-methyl/N-ethyl adjacent to an activating group) is 1. The van der Waals surface area contributed by atoms with Crippen molar-refractivity contribution in [1.29, 1.82) is 0 Å². The maximum Gasteiger partial charge on any atom is 0.244 e. The number of nitrogens with one attached hydrogen (secondary N) is 1. The zero-order valence-electron chi connectivity index (χ0n) is 10.5. The predicted octanol–water partition coefficient (Wildman–Crippen LogP) is 1.73. The molecule has 0 aliphatic carbocycles. The topological polar surface area (TPSA) is 66.9 Å². The first-order valence-corrected chi connectivity index (χ1v) is 6.34. The molecule has 6 nitrogen and oxygen atoms in total. The Morgan fingerprint density at radius 1 is 1.33 bits per heavy atom. The van der Waals surface area contributed by atoms with Crippen molar-refractivity contribution in [2.45, 2.75) is 13.8 Å². The molecule has 0 saturated heterocycles. The Morgan fingerprint density at radius 3 is 2.83 bits per heavy atom. The number of hydrogen-bond donors (Lipinski definition) is 1. The van der Waals surface area contributed by atoms with Gasteiger partial charge in [0.15, 0.2) is 5.65 Å². The van der Waals surface area contributed by atoms with Crippen LogP contribution in [-0.2, 0) is 0 Å². The third-order valence-corrected chi connectivity index (χ3v) is 2.93. The molecule has 0 bridgehead atoms. The molecule has 2 aromatic rings. The molecule has 0 aliphatic rings. The van der Waals surface area contributed by atoms with Gasteiger partial charge in [0.25, 0.3) is 0 Å². The maximum absolute atomic E-state index is 5.81. The summed E-state index contributed by atoms with van der Waals surface area (Å²) >= 11 is 5.81. The van der Waals surface area contributed by atoms with E-state index in [0.717, 1.165) is 19.6 Å². The van der Waals surface area contributed by atoms with Gasteiger partial charge in [-0.3, -0.25) is 0 Å². The van der Waals surface area contributed by atoms with E-state index in [-0.39, 0.29) is 5.28 Å². The van der Waals surface area contributed by atoms with E-state index >= 15 is 0 Å². The fourth-order valence-corrected chi connectivity index (χ4v) is 1.85. The van der Waals surface area contributed by atoms with Crippen molar-refractivity contribution in [1.82, 2.24) is 24.8 Å². The summed E-state index contributed by atoms with van der Waals surface area (Å²) < 4.78 is 5.64. The molecule has 7 heteroatoms. The highest BCUT2D eigenvalue weighted by Gasteiger charge is 2.10. The van der Waals surface area contributed by atoms with Gasteiger partial charge < -0.3 is 14.6 Å². The number of rotatable bonds is 6. The first kappa shape index (κ1) is 13.0.